The van der Waals surface area contributed by atoms with E-state index in [1.54, 1.807) is 4.52 Å². The summed E-state index contributed by atoms with van der Waals surface area (Å²) >= 11 is 1.50. The zero-order valence-corrected chi connectivity index (χ0v) is 16.6. The maximum atomic E-state index is 6.48. The molecular weight excluding hydrogens is 380 g/mol. The first-order valence-electron chi connectivity index (χ1n) is 9.36. The highest BCUT2D eigenvalue weighted by Crippen LogP contribution is 2.33. The number of hydrogen-bond donors (Lipinski definition) is 1. The van der Waals surface area contributed by atoms with E-state index in [1.165, 1.54) is 11.3 Å². The van der Waals surface area contributed by atoms with E-state index in [0.29, 0.717) is 17.2 Å². The molecule has 5 rings (SSSR count). The number of hydrogen-bond acceptors (Lipinski definition) is 6. The Balaban J connectivity index is 1.65. The lowest BCUT2D eigenvalue weighted by molar-refractivity contribution is 0.872. The van der Waals surface area contributed by atoms with Crippen molar-refractivity contribution in [2.45, 2.75) is 13.3 Å². The number of benzene rings is 2. The summed E-state index contributed by atoms with van der Waals surface area (Å²) in [5.74, 6) is 0.445. The van der Waals surface area contributed by atoms with Crippen LogP contribution in [0.15, 0.2) is 66.0 Å². The summed E-state index contributed by atoms with van der Waals surface area (Å²) < 4.78 is 1.69. The average molecular weight is 398 g/mol. The van der Waals surface area contributed by atoms with Gasteiger partial charge in [-0.15, -0.1) is 21.5 Å². The van der Waals surface area contributed by atoms with Crippen LogP contribution >= 0.6 is 11.3 Å². The van der Waals surface area contributed by atoms with Gasteiger partial charge in [-0.05, 0) is 12.0 Å². The fourth-order valence-corrected chi connectivity index (χ4v) is 4.21. The second kappa shape index (κ2) is 7.10. The van der Waals surface area contributed by atoms with Gasteiger partial charge in [0.15, 0.2) is 17.2 Å². The topological polar surface area (TPSA) is 82.0 Å². The normalized spacial score (nSPS) is 11.2. The SMILES string of the molecule is CCc1nn2c(N)c(-c3nc(-c4ccccc4)cs3)nnc2c1-c1ccccc1. The van der Waals surface area contributed by atoms with Crippen LogP contribution in [0.3, 0.4) is 0 Å². The number of aryl methyl sites for hydroxylation is 1. The summed E-state index contributed by atoms with van der Waals surface area (Å²) in [6, 6.07) is 20.1. The molecule has 0 fully saturated rings. The van der Waals surface area contributed by atoms with Gasteiger partial charge in [0.25, 0.3) is 0 Å². The Morgan fingerprint density at radius 1 is 0.931 bits per heavy atom. The third-order valence-electron chi connectivity index (χ3n) is 4.82. The Labute approximate surface area is 171 Å². The number of rotatable bonds is 4. The lowest BCUT2D eigenvalue weighted by atomic mass is 10.0. The van der Waals surface area contributed by atoms with Gasteiger partial charge in [-0.1, -0.05) is 67.6 Å². The monoisotopic (exact) mass is 398 g/mol. The Bertz CT molecular complexity index is 1290. The molecule has 0 radical (unpaired) electrons. The lowest BCUT2D eigenvalue weighted by Crippen LogP contribution is -2.05. The van der Waals surface area contributed by atoms with E-state index in [-0.39, 0.29) is 0 Å². The molecular formula is C22H18N6S. The van der Waals surface area contributed by atoms with Crippen LogP contribution in [0.25, 0.3) is 38.7 Å². The number of nitrogens with zero attached hydrogens (tertiary/aromatic N) is 5. The molecule has 3 heterocycles. The van der Waals surface area contributed by atoms with Crippen LogP contribution in [-0.2, 0) is 6.42 Å². The highest BCUT2D eigenvalue weighted by atomic mass is 32.1. The molecule has 142 valence electrons. The summed E-state index contributed by atoms with van der Waals surface area (Å²) in [5, 5.41) is 16.4. The number of nitrogens with two attached hydrogens (primary N) is 1. The predicted octanol–water partition coefficient (Wildman–Crippen LogP) is 4.73. The molecule has 0 aliphatic heterocycles. The molecule has 0 saturated carbocycles. The van der Waals surface area contributed by atoms with E-state index in [2.05, 4.69) is 29.3 Å². The molecule has 29 heavy (non-hydrogen) atoms. The fourth-order valence-electron chi connectivity index (χ4n) is 3.39. The molecule has 0 aliphatic carbocycles. The van der Waals surface area contributed by atoms with Crippen molar-refractivity contribution in [2.24, 2.45) is 0 Å². The first kappa shape index (κ1) is 17.5. The van der Waals surface area contributed by atoms with E-state index in [0.717, 1.165) is 39.5 Å². The van der Waals surface area contributed by atoms with Gasteiger partial charge in [0, 0.05) is 10.9 Å². The van der Waals surface area contributed by atoms with Crippen LogP contribution < -0.4 is 5.73 Å². The number of nitrogen functional groups attached to an aromatic ring is 1. The smallest absolute Gasteiger partial charge is 0.187 e. The predicted molar refractivity (Wildman–Crippen MR) is 117 cm³/mol. The van der Waals surface area contributed by atoms with E-state index in [1.807, 2.05) is 53.9 Å². The molecule has 6 nitrogen and oxygen atoms in total. The van der Waals surface area contributed by atoms with Gasteiger partial charge in [0.05, 0.1) is 17.0 Å². The van der Waals surface area contributed by atoms with Crippen molar-refractivity contribution in [3.8, 4) is 33.1 Å². The Kier molecular flexibility index (Phi) is 4.29. The zero-order valence-electron chi connectivity index (χ0n) is 15.8. The van der Waals surface area contributed by atoms with Gasteiger partial charge in [0.2, 0.25) is 0 Å². The third kappa shape index (κ3) is 2.96. The molecule has 5 aromatic rings. The Morgan fingerprint density at radius 3 is 2.31 bits per heavy atom. The summed E-state index contributed by atoms with van der Waals surface area (Å²) in [4.78, 5) is 4.72. The van der Waals surface area contributed by atoms with Crippen molar-refractivity contribution in [3.05, 3.63) is 71.7 Å². The van der Waals surface area contributed by atoms with Crippen LogP contribution in [0.2, 0.25) is 0 Å². The van der Waals surface area contributed by atoms with Gasteiger partial charge in [0.1, 0.15) is 5.01 Å². The zero-order chi connectivity index (χ0) is 19.8. The second-order valence-electron chi connectivity index (χ2n) is 6.61. The third-order valence-corrected chi connectivity index (χ3v) is 5.67. The van der Waals surface area contributed by atoms with Crippen LogP contribution in [0.4, 0.5) is 5.82 Å². The van der Waals surface area contributed by atoms with Gasteiger partial charge in [-0.2, -0.15) is 9.61 Å². The van der Waals surface area contributed by atoms with E-state index >= 15 is 0 Å². The molecule has 0 amide bonds. The van der Waals surface area contributed by atoms with Gasteiger partial charge in [-0.25, -0.2) is 4.98 Å². The van der Waals surface area contributed by atoms with Crippen molar-refractivity contribution in [3.63, 3.8) is 0 Å². The number of fused-ring (bicyclic) bond motifs is 1. The van der Waals surface area contributed by atoms with Crippen molar-refractivity contribution < 1.29 is 0 Å². The molecule has 7 heteroatoms. The number of anilines is 1. The summed E-state index contributed by atoms with van der Waals surface area (Å²) in [5.41, 5.74) is 12.6. The summed E-state index contributed by atoms with van der Waals surface area (Å²) in [7, 11) is 0. The maximum Gasteiger partial charge on any atom is 0.187 e. The Morgan fingerprint density at radius 2 is 1.62 bits per heavy atom. The maximum absolute atomic E-state index is 6.48. The molecule has 2 N–H and O–H groups in total. The van der Waals surface area contributed by atoms with E-state index in [4.69, 9.17) is 15.8 Å². The highest BCUT2D eigenvalue weighted by Gasteiger charge is 2.20. The van der Waals surface area contributed by atoms with Crippen LogP contribution in [-0.4, -0.2) is 24.8 Å². The minimum Gasteiger partial charge on any atom is -0.382 e. The lowest BCUT2D eigenvalue weighted by Gasteiger charge is -2.04. The minimum absolute atomic E-state index is 0.445. The van der Waals surface area contributed by atoms with Gasteiger partial charge >= 0.3 is 0 Å². The van der Waals surface area contributed by atoms with Crippen molar-refractivity contribution >= 4 is 22.8 Å². The van der Waals surface area contributed by atoms with E-state index in [9.17, 15) is 0 Å². The fraction of sp³-hybridized carbons (Fsp3) is 0.0909. The first-order valence-corrected chi connectivity index (χ1v) is 10.2. The van der Waals surface area contributed by atoms with Crippen molar-refractivity contribution in [1.29, 1.82) is 0 Å². The molecule has 0 atom stereocenters. The molecule has 0 unspecified atom stereocenters. The molecule has 0 spiro atoms. The average Bonchev–Trinajstić information content (AvgIpc) is 3.41. The molecule has 2 aromatic carbocycles. The molecule has 0 bridgehead atoms. The van der Waals surface area contributed by atoms with Gasteiger partial charge < -0.3 is 5.73 Å². The molecule has 0 aliphatic rings. The Hall–Kier alpha value is -3.58. The number of thiazole rings is 1. The minimum atomic E-state index is 0.445. The second-order valence-corrected chi connectivity index (χ2v) is 7.47. The summed E-state index contributed by atoms with van der Waals surface area (Å²) in [6.45, 7) is 2.08. The largest absolute Gasteiger partial charge is 0.382 e. The van der Waals surface area contributed by atoms with Gasteiger partial charge in [-0.3, -0.25) is 0 Å². The highest BCUT2D eigenvalue weighted by molar-refractivity contribution is 7.13. The quantitative estimate of drug-likeness (QED) is 0.473. The summed E-state index contributed by atoms with van der Waals surface area (Å²) in [6.07, 6.45) is 0.776. The first-order chi connectivity index (χ1) is 14.3. The molecule has 0 saturated heterocycles. The number of aromatic nitrogens is 5. The standard InChI is InChI=1S/C22H18N6S/c1-2-16-18(15-11-7-4-8-12-15)21-26-25-19(20(23)28(21)27-16)22-24-17(13-29-22)14-9-5-3-6-10-14/h3-13H,2,23H2,1H3. The van der Waals surface area contributed by atoms with Crippen LogP contribution in [0.1, 0.15) is 12.6 Å². The van der Waals surface area contributed by atoms with Crippen molar-refractivity contribution in [1.82, 2.24) is 24.8 Å². The van der Waals surface area contributed by atoms with Crippen LogP contribution in [0.5, 0.6) is 0 Å². The van der Waals surface area contributed by atoms with Crippen molar-refractivity contribution in [2.75, 3.05) is 5.73 Å². The molecule has 3 aromatic heterocycles. The van der Waals surface area contributed by atoms with E-state index < -0.39 is 0 Å². The van der Waals surface area contributed by atoms with Crippen LogP contribution in [0, 0.1) is 0 Å².